The highest BCUT2D eigenvalue weighted by atomic mass is 35.5. The van der Waals surface area contributed by atoms with Gasteiger partial charge in [-0.1, -0.05) is 23.7 Å². The standard InChI is InChI=1S/C22H20ClFN4O4/c1-14(29)31-32-17-4-2-3-15(11-17)18-13-25-22(26-16-5-6-20(24)19(23)12-16)27-21(18)28-7-9-30-10-8-28/h2-6,11-13H,7-10H2,1H3,(H,25,26,27). The third kappa shape index (κ3) is 5.24. The summed E-state index contributed by atoms with van der Waals surface area (Å²) in [5.74, 6) is 0.352. The summed E-state index contributed by atoms with van der Waals surface area (Å²) in [7, 11) is 0. The molecule has 0 amide bonds. The molecule has 1 saturated heterocycles. The van der Waals surface area contributed by atoms with Gasteiger partial charge in [0, 0.05) is 37.5 Å². The minimum absolute atomic E-state index is 0.00428. The third-order valence-electron chi connectivity index (χ3n) is 4.66. The van der Waals surface area contributed by atoms with Gasteiger partial charge in [-0.15, -0.1) is 0 Å². The van der Waals surface area contributed by atoms with Crippen molar-refractivity contribution in [3.05, 3.63) is 59.5 Å². The molecule has 0 radical (unpaired) electrons. The highest BCUT2D eigenvalue weighted by Gasteiger charge is 2.19. The van der Waals surface area contributed by atoms with E-state index in [1.807, 2.05) is 6.07 Å². The molecule has 0 aliphatic carbocycles. The number of ether oxygens (including phenoxy) is 1. The molecule has 1 aliphatic heterocycles. The number of morpholine rings is 1. The lowest BCUT2D eigenvalue weighted by atomic mass is 10.1. The molecule has 2 aromatic carbocycles. The number of aromatic nitrogens is 2. The molecule has 4 rings (SSSR count). The Morgan fingerprint density at radius 2 is 2.03 bits per heavy atom. The Morgan fingerprint density at radius 3 is 2.78 bits per heavy atom. The van der Waals surface area contributed by atoms with E-state index in [9.17, 15) is 9.18 Å². The van der Waals surface area contributed by atoms with E-state index in [0.717, 1.165) is 11.1 Å². The molecule has 0 bridgehead atoms. The molecule has 1 N–H and O–H groups in total. The van der Waals surface area contributed by atoms with Crippen molar-refractivity contribution in [1.82, 2.24) is 9.97 Å². The zero-order valence-corrected chi connectivity index (χ0v) is 17.9. The summed E-state index contributed by atoms with van der Waals surface area (Å²) in [5, 5.41) is 3.07. The number of rotatable bonds is 6. The monoisotopic (exact) mass is 458 g/mol. The summed E-state index contributed by atoms with van der Waals surface area (Å²) in [5.41, 5.74) is 2.12. The predicted molar refractivity (Wildman–Crippen MR) is 118 cm³/mol. The Kier molecular flexibility index (Phi) is 6.67. The van der Waals surface area contributed by atoms with Crippen LogP contribution in [-0.4, -0.2) is 42.2 Å². The predicted octanol–water partition coefficient (Wildman–Crippen LogP) is 4.37. The number of benzene rings is 2. The number of hydrogen-bond donors (Lipinski definition) is 1. The van der Waals surface area contributed by atoms with Gasteiger partial charge >= 0.3 is 5.97 Å². The quantitative estimate of drug-likeness (QED) is 0.430. The molecular weight excluding hydrogens is 439 g/mol. The number of halogens is 2. The van der Waals surface area contributed by atoms with Gasteiger partial charge in [-0.3, -0.25) is 9.78 Å². The summed E-state index contributed by atoms with van der Waals surface area (Å²) >= 11 is 5.88. The van der Waals surface area contributed by atoms with E-state index in [0.29, 0.717) is 49.5 Å². The molecule has 1 aliphatic rings. The Balaban J connectivity index is 1.68. The molecule has 0 spiro atoms. The topological polar surface area (TPSA) is 85.8 Å². The van der Waals surface area contributed by atoms with Gasteiger partial charge in [-0.25, -0.2) is 14.2 Å². The van der Waals surface area contributed by atoms with Gasteiger partial charge in [0.15, 0.2) is 5.75 Å². The van der Waals surface area contributed by atoms with E-state index in [1.165, 1.54) is 19.1 Å². The summed E-state index contributed by atoms with van der Waals surface area (Å²) in [6.45, 7) is 3.74. The second-order valence-corrected chi connectivity index (χ2v) is 7.38. The van der Waals surface area contributed by atoms with Crippen molar-refractivity contribution < 1.29 is 23.7 Å². The average Bonchev–Trinajstić information content (AvgIpc) is 2.81. The minimum atomic E-state index is -0.552. The van der Waals surface area contributed by atoms with Crippen LogP contribution in [-0.2, 0) is 14.4 Å². The molecule has 0 atom stereocenters. The van der Waals surface area contributed by atoms with Gasteiger partial charge in [0.2, 0.25) is 5.95 Å². The fraction of sp³-hybridized carbons (Fsp3) is 0.227. The molecule has 8 nitrogen and oxygen atoms in total. The molecule has 166 valence electrons. The maximum absolute atomic E-state index is 13.5. The van der Waals surface area contributed by atoms with Crippen LogP contribution in [0, 0.1) is 5.82 Å². The number of hydrogen-bond acceptors (Lipinski definition) is 8. The molecule has 3 aromatic rings. The lowest BCUT2D eigenvalue weighted by molar-refractivity contribution is -0.210. The van der Waals surface area contributed by atoms with Gasteiger partial charge in [0.05, 0.1) is 18.2 Å². The van der Waals surface area contributed by atoms with Crippen molar-refractivity contribution in [1.29, 1.82) is 0 Å². The summed E-state index contributed by atoms with van der Waals surface area (Å²) in [6.07, 6.45) is 1.69. The molecular formula is C22H20ClFN4O4. The van der Waals surface area contributed by atoms with Crippen LogP contribution in [0.15, 0.2) is 48.7 Å². The highest BCUT2D eigenvalue weighted by molar-refractivity contribution is 6.31. The van der Waals surface area contributed by atoms with Gasteiger partial charge in [0.25, 0.3) is 0 Å². The van der Waals surface area contributed by atoms with Gasteiger partial charge < -0.3 is 15.0 Å². The van der Waals surface area contributed by atoms with Crippen LogP contribution in [0.1, 0.15) is 6.92 Å². The van der Waals surface area contributed by atoms with Crippen LogP contribution in [0.3, 0.4) is 0 Å². The van der Waals surface area contributed by atoms with Gasteiger partial charge in [-0.2, -0.15) is 4.98 Å². The van der Waals surface area contributed by atoms with E-state index in [-0.39, 0.29) is 5.02 Å². The summed E-state index contributed by atoms with van der Waals surface area (Å²) in [4.78, 5) is 31.9. The van der Waals surface area contributed by atoms with Crippen molar-refractivity contribution in [3.63, 3.8) is 0 Å². The van der Waals surface area contributed by atoms with E-state index in [1.54, 1.807) is 30.5 Å². The highest BCUT2D eigenvalue weighted by Crippen LogP contribution is 2.33. The van der Waals surface area contributed by atoms with Crippen molar-refractivity contribution in [3.8, 4) is 16.9 Å². The van der Waals surface area contributed by atoms with Crippen LogP contribution in [0.25, 0.3) is 11.1 Å². The first-order chi connectivity index (χ1) is 15.5. The van der Waals surface area contributed by atoms with E-state index in [2.05, 4.69) is 20.1 Å². The van der Waals surface area contributed by atoms with Crippen LogP contribution >= 0.6 is 11.6 Å². The summed E-state index contributed by atoms with van der Waals surface area (Å²) in [6, 6.07) is 11.4. The third-order valence-corrected chi connectivity index (χ3v) is 4.94. The lowest BCUT2D eigenvalue weighted by Crippen LogP contribution is -2.37. The van der Waals surface area contributed by atoms with Crippen molar-refractivity contribution >= 4 is 35.0 Å². The largest absolute Gasteiger partial charge is 0.378 e. The molecule has 10 heteroatoms. The van der Waals surface area contributed by atoms with Crippen molar-refractivity contribution in [2.75, 3.05) is 36.5 Å². The van der Waals surface area contributed by atoms with Gasteiger partial charge in [-0.05, 0) is 35.9 Å². The Morgan fingerprint density at radius 1 is 1.22 bits per heavy atom. The number of carbonyl (C=O) groups is 1. The molecule has 0 saturated carbocycles. The van der Waals surface area contributed by atoms with Crippen molar-refractivity contribution in [2.24, 2.45) is 0 Å². The minimum Gasteiger partial charge on any atom is -0.378 e. The Bertz CT molecular complexity index is 1120. The molecule has 0 unspecified atom stereocenters. The zero-order chi connectivity index (χ0) is 22.5. The van der Waals surface area contributed by atoms with Crippen molar-refractivity contribution in [2.45, 2.75) is 6.92 Å². The fourth-order valence-corrected chi connectivity index (χ4v) is 3.36. The van der Waals surface area contributed by atoms with Crippen LogP contribution in [0.2, 0.25) is 5.02 Å². The lowest BCUT2D eigenvalue weighted by Gasteiger charge is -2.29. The number of nitrogens with one attached hydrogen (secondary N) is 1. The molecule has 32 heavy (non-hydrogen) atoms. The number of carbonyl (C=O) groups excluding carboxylic acids is 1. The normalized spacial score (nSPS) is 13.5. The van der Waals surface area contributed by atoms with E-state index in [4.69, 9.17) is 26.2 Å². The number of nitrogens with zero attached hydrogens (tertiary/aromatic N) is 3. The fourth-order valence-electron chi connectivity index (χ4n) is 3.18. The molecule has 2 heterocycles. The second kappa shape index (κ2) is 9.80. The second-order valence-electron chi connectivity index (χ2n) is 6.97. The molecule has 1 fully saturated rings. The first kappa shape index (κ1) is 21.8. The number of anilines is 3. The van der Waals surface area contributed by atoms with Gasteiger partial charge in [0.1, 0.15) is 11.6 Å². The molecule has 1 aromatic heterocycles. The maximum Gasteiger partial charge on any atom is 0.352 e. The maximum atomic E-state index is 13.5. The van der Waals surface area contributed by atoms with Crippen LogP contribution < -0.4 is 15.1 Å². The van der Waals surface area contributed by atoms with E-state index < -0.39 is 11.8 Å². The first-order valence-electron chi connectivity index (χ1n) is 9.87. The first-order valence-corrected chi connectivity index (χ1v) is 10.2. The van der Waals surface area contributed by atoms with Crippen LogP contribution in [0.5, 0.6) is 5.75 Å². The average molecular weight is 459 g/mol. The van der Waals surface area contributed by atoms with Crippen LogP contribution in [0.4, 0.5) is 21.8 Å². The smallest absolute Gasteiger partial charge is 0.352 e. The Labute approximate surface area is 188 Å². The Hall–Kier alpha value is -3.43. The summed E-state index contributed by atoms with van der Waals surface area (Å²) < 4.78 is 18.9. The SMILES string of the molecule is CC(=O)OOc1cccc(-c2cnc(Nc3ccc(F)c(Cl)c3)nc2N2CCOCC2)c1. The zero-order valence-electron chi connectivity index (χ0n) is 17.2. The van der Waals surface area contributed by atoms with E-state index >= 15 is 0 Å².